The van der Waals surface area contributed by atoms with Gasteiger partial charge in [-0.1, -0.05) is 153 Å². The predicted octanol–water partition coefficient (Wildman–Crippen LogP) is 15.6. The zero-order chi connectivity index (χ0) is 39.7. The van der Waals surface area contributed by atoms with Crippen LogP contribution in [0, 0.1) is 0 Å². The molecule has 13 rings (SSSR count). The highest BCUT2D eigenvalue weighted by molar-refractivity contribution is 8.00. The summed E-state index contributed by atoms with van der Waals surface area (Å²) < 4.78 is 2.48. The van der Waals surface area contributed by atoms with Crippen LogP contribution in [-0.4, -0.2) is 9.65 Å². The van der Waals surface area contributed by atoms with Gasteiger partial charge in [-0.05, 0) is 105 Å². The van der Waals surface area contributed by atoms with E-state index in [9.17, 15) is 0 Å². The third kappa shape index (κ3) is 4.73. The van der Waals surface area contributed by atoms with Crippen molar-refractivity contribution < 1.29 is 0 Å². The average Bonchev–Trinajstić information content (AvgIpc) is 4.02. The monoisotopic (exact) mass is 784 g/mol. The molecule has 284 valence electrons. The van der Waals surface area contributed by atoms with Gasteiger partial charge >= 0.3 is 0 Å². The average molecular weight is 785 g/mol. The van der Waals surface area contributed by atoms with Gasteiger partial charge in [0, 0.05) is 54.4 Å². The van der Waals surface area contributed by atoms with Crippen molar-refractivity contribution >= 4 is 66.9 Å². The third-order valence-electron chi connectivity index (χ3n) is 13.7. The number of fused-ring (bicyclic) bond motifs is 12. The van der Waals surface area contributed by atoms with Crippen LogP contribution < -0.4 is 4.90 Å². The van der Waals surface area contributed by atoms with Crippen molar-refractivity contribution in [2.45, 2.75) is 35.3 Å². The fraction of sp³-hybridized carbons (Fsp3) is 0.0877. The van der Waals surface area contributed by atoms with Crippen LogP contribution in [0.2, 0.25) is 0 Å². The first-order valence-corrected chi connectivity index (χ1v) is 22.0. The van der Waals surface area contributed by atoms with Crippen LogP contribution in [0.25, 0.3) is 71.5 Å². The summed E-state index contributed by atoms with van der Waals surface area (Å²) in [5.74, 6) is 0.399. The molecule has 2 aliphatic carbocycles. The normalized spacial score (nSPS) is 17.1. The lowest BCUT2D eigenvalue weighted by Crippen LogP contribution is -2.14. The molecule has 0 saturated carbocycles. The van der Waals surface area contributed by atoms with Gasteiger partial charge in [0.05, 0.1) is 22.2 Å². The van der Waals surface area contributed by atoms with Crippen molar-refractivity contribution in [1.29, 1.82) is 0 Å². The van der Waals surface area contributed by atoms with Crippen LogP contribution in [0.1, 0.15) is 36.5 Å². The molecule has 10 aromatic rings. The molecule has 0 N–H and O–H groups in total. The fourth-order valence-corrected chi connectivity index (χ4v) is 12.3. The second-order valence-electron chi connectivity index (χ2n) is 17.2. The molecule has 2 aromatic heterocycles. The fourth-order valence-electron chi connectivity index (χ4n) is 10.9. The Morgan fingerprint density at radius 2 is 1.17 bits per heavy atom. The molecular formula is C57H40N2S. The topological polar surface area (TPSA) is 7.65 Å². The molecule has 2 atom stereocenters. The molecule has 0 spiro atoms. The van der Waals surface area contributed by atoms with Crippen LogP contribution in [0.3, 0.4) is 0 Å². The van der Waals surface area contributed by atoms with E-state index >= 15 is 0 Å². The number of nitrogens with zero attached hydrogens (tertiary/aromatic N) is 2. The van der Waals surface area contributed by atoms with E-state index in [1.54, 1.807) is 0 Å². The van der Waals surface area contributed by atoms with E-state index in [1.807, 2.05) is 11.8 Å². The summed E-state index contributed by atoms with van der Waals surface area (Å²) >= 11 is 1.99. The summed E-state index contributed by atoms with van der Waals surface area (Å²) in [5, 5.41) is 5.57. The Hall–Kier alpha value is -6.81. The second kappa shape index (κ2) is 12.6. The first kappa shape index (κ1) is 34.1. The van der Waals surface area contributed by atoms with Crippen LogP contribution in [0.5, 0.6) is 0 Å². The Morgan fingerprint density at radius 3 is 1.98 bits per heavy atom. The SMILES string of the molecule is CC1(C)c2ccccc2-c2cc(-c3ccc(N(c4ccc(-c5cccc6c5C5C=CC=CC5S6)cc4)c4ccc5c6ccccc6n6c7ccccc7c4c56)cc3)ccc21. The molecule has 0 bridgehead atoms. The van der Waals surface area contributed by atoms with Crippen molar-refractivity contribution in [3.05, 3.63) is 211 Å². The second-order valence-corrected chi connectivity index (χ2v) is 18.4. The number of anilines is 3. The Bertz CT molecular complexity index is 3440. The minimum atomic E-state index is -0.0105. The van der Waals surface area contributed by atoms with Crippen molar-refractivity contribution in [1.82, 2.24) is 4.40 Å². The van der Waals surface area contributed by atoms with Gasteiger partial charge in [0.1, 0.15) is 0 Å². The van der Waals surface area contributed by atoms with E-state index in [0.717, 1.165) is 11.4 Å². The quantitative estimate of drug-likeness (QED) is 0.172. The highest BCUT2D eigenvalue weighted by Crippen LogP contribution is 2.53. The highest BCUT2D eigenvalue weighted by Gasteiger charge is 2.36. The molecule has 3 aliphatic rings. The van der Waals surface area contributed by atoms with Gasteiger partial charge in [0.2, 0.25) is 0 Å². The van der Waals surface area contributed by atoms with Crippen molar-refractivity contribution in [2.24, 2.45) is 0 Å². The molecule has 0 radical (unpaired) electrons. The van der Waals surface area contributed by atoms with E-state index in [2.05, 4.69) is 217 Å². The third-order valence-corrected chi connectivity index (χ3v) is 15.0. The number of aromatic nitrogens is 1. The van der Waals surface area contributed by atoms with Gasteiger partial charge < -0.3 is 9.30 Å². The summed E-state index contributed by atoms with van der Waals surface area (Å²) in [4.78, 5) is 3.87. The Kier molecular flexibility index (Phi) is 7.16. The van der Waals surface area contributed by atoms with Crippen LogP contribution >= 0.6 is 11.8 Å². The maximum Gasteiger partial charge on any atom is 0.0641 e. The smallest absolute Gasteiger partial charge is 0.0641 e. The number of hydrogen-bond donors (Lipinski definition) is 0. The van der Waals surface area contributed by atoms with Gasteiger partial charge in [-0.25, -0.2) is 0 Å². The Balaban J connectivity index is 0.978. The largest absolute Gasteiger partial charge is 0.310 e. The molecule has 0 fully saturated rings. The standard InChI is InChI=1S/C57H40N2S/c1-57(2)47-17-7-3-12-41(47)46-34-37(26-32-48(46)57)35-22-27-38(28-23-35)58(39-29-24-36(25-30-39)40-16-11-21-53-54(40)45-15-6-10-20-52(45)60-53)51-33-31-43-42-13-4-8-18-49(42)59-50-19-9-5-14-44(50)55(51)56(43)59/h3-34,45,52H,1-2H3. The lowest BCUT2D eigenvalue weighted by atomic mass is 9.82. The molecule has 3 heterocycles. The van der Waals surface area contributed by atoms with Gasteiger partial charge in [0.25, 0.3) is 0 Å². The molecule has 60 heavy (non-hydrogen) atoms. The molecule has 1 aliphatic heterocycles. The van der Waals surface area contributed by atoms with E-state index in [0.29, 0.717) is 11.2 Å². The zero-order valence-corrected chi connectivity index (χ0v) is 34.2. The number of thioether (sulfide) groups is 1. The molecule has 0 amide bonds. The van der Waals surface area contributed by atoms with Crippen molar-refractivity contribution in [3.63, 3.8) is 0 Å². The zero-order valence-electron chi connectivity index (χ0n) is 33.4. The maximum absolute atomic E-state index is 2.48. The van der Waals surface area contributed by atoms with E-state index in [4.69, 9.17) is 0 Å². The summed E-state index contributed by atoms with van der Waals surface area (Å²) in [6.45, 7) is 4.70. The van der Waals surface area contributed by atoms with Crippen LogP contribution in [0.15, 0.2) is 199 Å². The van der Waals surface area contributed by atoms with Crippen LogP contribution in [-0.2, 0) is 5.41 Å². The number of hydrogen-bond acceptors (Lipinski definition) is 2. The molecule has 2 nitrogen and oxygen atoms in total. The van der Waals surface area contributed by atoms with Crippen molar-refractivity contribution in [2.75, 3.05) is 4.90 Å². The summed E-state index contributed by atoms with van der Waals surface area (Å²) in [5.41, 5.74) is 19.2. The first-order chi connectivity index (χ1) is 29.5. The lowest BCUT2D eigenvalue weighted by molar-refractivity contribution is 0.660. The van der Waals surface area contributed by atoms with E-state index < -0.39 is 0 Å². The maximum atomic E-state index is 2.48. The number of benzene rings is 8. The van der Waals surface area contributed by atoms with Gasteiger partial charge in [0.15, 0.2) is 0 Å². The van der Waals surface area contributed by atoms with Crippen molar-refractivity contribution in [3.8, 4) is 33.4 Å². The van der Waals surface area contributed by atoms with E-state index in [1.165, 1.54) is 98.7 Å². The number of allylic oxidation sites excluding steroid dienone is 3. The van der Waals surface area contributed by atoms with Crippen LogP contribution in [0.4, 0.5) is 17.1 Å². The lowest BCUT2D eigenvalue weighted by Gasteiger charge is -2.27. The predicted molar refractivity (Wildman–Crippen MR) is 255 cm³/mol. The highest BCUT2D eigenvalue weighted by atomic mass is 32.2. The Labute approximate surface area is 354 Å². The molecule has 0 saturated heterocycles. The Morgan fingerprint density at radius 1 is 0.517 bits per heavy atom. The molecule has 3 heteroatoms. The molecular weight excluding hydrogens is 745 g/mol. The first-order valence-electron chi connectivity index (χ1n) is 21.1. The molecule has 2 unspecified atom stereocenters. The molecule has 8 aromatic carbocycles. The van der Waals surface area contributed by atoms with E-state index in [-0.39, 0.29) is 5.41 Å². The number of para-hydroxylation sites is 2. The van der Waals surface area contributed by atoms with Gasteiger partial charge in [-0.2, -0.15) is 0 Å². The van der Waals surface area contributed by atoms with Gasteiger partial charge in [-0.15, -0.1) is 11.8 Å². The minimum absolute atomic E-state index is 0.0105. The summed E-state index contributed by atoms with van der Waals surface area (Å²) in [7, 11) is 0. The number of rotatable bonds is 5. The summed E-state index contributed by atoms with van der Waals surface area (Å²) in [6.07, 6.45) is 9.14. The minimum Gasteiger partial charge on any atom is -0.310 e. The summed E-state index contributed by atoms with van der Waals surface area (Å²) in [6, 6.07) is 63.8. The van der Waals surface area contributed by atoms with Gasteiger partial charge in [-0.3, -0.25) is 0 Å².